The number of hydrogen-bond acceptors (Lipinski definition) is 1. The van der Waals surface area contributed by atoms with Gasteiger partial charge in [0.2, 0.25) is 0 Å². The second-order valence-electron chi connectivity index (χ2n) is 5.04. The molecule has 3 rings (SSSR count). The monoisotopic (exact) mass is 251 g/mol. The number of aromatic nitrogens is 1. The fraction of sp³-hybridized carbons (Fsp3) is 0.176. The van der Waals surface area contributed by atoms with Crippen molar-refractivity contribution >= 4 is 10.8 Å². The van der Waals surface area contributed by atoms with Crippen molar-refractivity contribution in [2.45, 2.75) is 19.8 Å². The van der Waals surface area contributed by atoms with Gasteiger partial charge in [0, 0.05) is 29.3 Å². The first-order chi connectivity index (χ1) is 9.18. The first-order valence-electron chi connectivity index (χ1n) is 6.52. The van der Waals surface area contributed by atoms with Crippen LogP contribution < -0.4 is 0 Å². The van der Waals surface area contributed by atoms with Crippen molar-refractivity contribution in [3.63, 3.8) is 0 Å². The summed E-state index contributed by atoms with van der Waals surface area (Å²) in [5.74, 6) is 0.574. The van der Waals surface area contributed by atoms with Gasteiger partial charge in [-0.2, -0.15) is 0 Å². The van der Waals surface area contributed by atoms with Crippen LogP contribution >= 0.6 is 0 Å². The number of phenolic OH excluding ortho intramolecular Hbond substituents is 1. The first kappa shape index (κ1) is 11.8. The highest BCUT2D eigenvalue weighted by Gasteiger charge is 2.16. The molecule has 0 aliphatic carbocycles. The lowest BCUT2D eigenvalue weighted by atomic mass is 9.90. The third-order valence-corrected chi connectivity index (χ3v) is 3.84. The molecule has 19 heavy (non-hydrogen) atoms. The molecule has 2 heteroatoms. The van der Waals surface area contributed by atoms with Crippen molar-refractivity contribution in [1.82, 2.24) is 4.98 Å². The summed E-state index contributed by atoms with van der Waals surface area (Å²) in [7, 11) is 0. The van der Waals surface area contributed by atoms with Crippen molar-refractivity contribution in [2.75, 3.05) is 0 Å². The third kappa shape index (κ3) is 1.89. The number of phenols is 1. The predicted molar refractivity (Wildman–Crippen MR) is 78.7 cm³/mol. The maximum absolute atomic E-state index is 10.5. The lowest BCUT2D eigenvalue weighted by Gasteiger charge is -2.16. The lowest BCUT2D eigenvalue weighted by molar-refractivity contribution is 0.472. The zero-order valence-corrected chi connectivity index (χ0v) is 11.1. The Labute approximate surface area is 112 Å². The molecule has 0 saturated carbocycles. The van der Waals surface area contributed by atoms with E-state index in [0.717, 1.165) is 16.3 Å². The summed E-state index contributed by atoms with van der Waals surface area (Å²) >= 11 is 0. The fourth-order valence-electron chi connectivity index (χ4n) is 2.68. The zero-order valence-electron chi connectivity index (χ0n) is 11.1. The largest absolute Gasteiger partial charge is 0.507 e. The van der Waals surface area contributed by atoms with Crippen molar-refractivity contribution in [3.05, 3.63) is 65.5 Å². The van der Waals surface area contributed by atoms with E-state index in [4.69, 9.17) is 0 Å². The molecule has 0 fully saturated rings. The van der Waals surface area contributed by atoms with Crippen LogP contribution in [0, 0.1) is 6.92 Å². The van der Waals surface area contributed by atoms with Gasteiger partial charge in [0.25, 0.3) is 0 Å². The van der Waals surface area contributed by atoms with E-state index in [0.29, 0.717) is 5.75 Å². The third-order valence-electron chi connectivity index (χ3n) is 3.84. The molecule has 3 aromatic rings. The summed E-state index contributed by atoms with van der Waals surface area (Å²) in [4.78, 5) is 3.07. The Bertz CT molecular complexity index is 713. The number of rotatable bonds is 2. The molecule has 0 aliphatic heterocycles. The van der Waals surface area contributed by atoms with Crippen LogP contribution in [-0.4, -0.2) is 10.1 Å². The number of aromatic hydroxyl groups is 1. The van der Waals surface area contributed by atoms with Crippen LogP contribution in [0.15, 0.2) is 48.8 Å². The van der Waals surface area contributed by atoms with E-state index < -0.39 is 0 Å². The van der Waals surface area contributed by atoms with Crippen LogP contribution in [0.4, 0.5) is 0 Å². The van der Waals surface area contributed by atoms with Gasteiger partial charge in [-0.1, -0.05) is 37.3 Å². The second-order valence-corrected chi connectivity index (χ2v) is 5.04. The standard InChI is InChI=1S/C17H17NO/c1-11-9-16(12(2)13-7-8-18-10-13)17(19)15-6-4-3-5-14(11)15/h3-10,12,18-19H,1-2H3. The average Bonchev–Trinajstić information content (AvgIpc) is 2.96. The number of aryl methyl sites for hydroxylation is 1. The number of benzene rings is 2. The Morgan fingerprint density at radius 1 is 1.11 bits per heavy atom. The Morgan fingerprint density at radius 2 is 1.84 bits per heavy atom. The van der Waals surface area contributed by atoms with Gasteiger partial charge in [-0.25, -0.2) is 0 Å². The second kappa shape index (κ2) is 4.47. The van der Waals surface area contributed by atoms with Gasteiger partial charge >= 0.3 is 0 Å². The van der Waals surface area contributed by atoms with Gasteiger partial charge in [-0.05, 0) is 29.5 Å². The van der Waals surface area contributed by atoms with Crippen molar-refractivity contribution < 1.29 is 5.11 Å². The minimum Gasteiger partial charge on any atom is -0.507 e. The average molecular weight is 251 g/mol. The van der Waals surface area contributed by atoms with E-state index in [1.165, 1.54) is 11.1 Å². The molecular weight excluding hydrogens is 234 g/mol. The van der Waals surface area contributed by atoms with Gasteiger partial charge in [-0.15, -0.1) is 0 Å². The van der Waals surface area contributed by atoms with Gasteiger partial charge in [-0.3, -0.25) is 0 Å². The molecular formula is C17H17NO. The summed E-state index contributed by atoms with van der Waals surface area (Å²) in [5.41, 5.74) is 3.37. The lowest BCUT2D eigenvalue weighted by Crippen LogP contribution is -1.97. The van der Waals surface area contributed by atoms with Crippen LogP contribution in [0.5, 0.6) is 5.75 Å². The molecule has 1 unspecified atom stereocenters. The first-order valence-corrected chi connectivity index (χ1v) is 6.52. The fourth-order valence-corrected chi connectivity index (χ4v) is 2.68. The normalized spacial score (nSPS) is 12.7. The van der Waals surface area contributed by atoms with Crippen molar-refractivity contribution in [1.29, 1.82) is 0 Å². The molecule has 2 aromatic carbocycles. The maximum atomic E-state index is 10.5. The summed E-state index contributed by atoms with van der Waals surface area (Å²) in [6.45, 7) is 4.21. The molecule has 0 bridgehead atoms. The molecule has 1 heterocycles. The summed E-state index contributed by atoms with van der Waals surface area (Å²) in [5, 5.41) is 12.6. The number of H-pyrrole nitrogens is 1. The summed E-state index contributed by atoms with van der Waals surface area (Å²) in [6, 6.07) is 12.1. The molecule has 0 amide bonds. The molecule has 96 valence electrons. The van der Waals surface area contributed by atoms with Crippen LogP contribution in [-0.2, 0) is 0 Å². The Kier molecular flexibility index (Phi) is 2.79. The SMILES string of the molecule is Cc1cc(C(C)c2cc[nH]c2)c(O)c2ccccc12. The molecule has 0 aliphatic rings. The van der Waals surface area contributed by atoms with Crippen LogP contribution in [0.2, 0.25) is 0 Å². The molecule has 2 N–H and O–H groups in total. The maximum Gasteiger partial charge on any atom is 0.127 e. The van der Waals surface area contributed by atoms with E-state index in [2.05, 4.69) is 37.0 Å². The Morgan fingerprint density at radius 3 is 2.53 bits per heavy atom. The number of nitrogens with one attached hydrogen (secondary N) is 1. The van der Waals surface area contributed by atoms with Crippen LogP contribution in [0.1, 0.15) is 29.5 Å². The highest BCUT2D eigenvalue weighted by molar-refractivity contribution is 5.92. The van der Waals surface area contributed by atoms with E-state index in [1.54, 1.807) is 0 Å². The van der Waals surface area contributed by atoms with E-state index in [1.807, 2.05) is 30.6 Å². The Balaban J connectivity index is 2.22. The van der Waals surface area contributed by atoms with E-state index in [-0.39, 0.29) is 5.92 Å². The molecule has 2 nitrogen and oxygen atoms in total. The van der Waals surface area contributed by atoms with Gasteiger partial charge < -0.3 is 10.1 Å². The smallest absolute Gasteiger partial charge is 0.127 e. The molecule has 0 radical (unpaired) electrons. The molecule has 0 saturated heterocycles. The number of aromatic amines is 1. The topological polar surface area (TPSA) is 36.0 Å². The van der Waals surface area contributed by atoms with Crippen LogP contribution in [0.25, 0.3) is 10.8 Å². The summed E-state index contributed by atoms with van der Waals surface area (Å²) in [6.07, 6.45) is 3.89. The van der Waals surface area contributed by atoms with Crippen molar-refractivity contribution in [2.24, 2.45) is 0 Å². The number of hydrogen-bond donors (Lipinski definition) is 2. The highest BCUT2D eigenvalue weighted by atomic mass is 16.3. The van der Waals surface area contributed by atoms with Gasteiger partial charge in [0.1, 0.15) is 5.75 Å². The molecule has 1 atom stereocenters. The molecule has 1 aromatic heterocycles. The van der Waals surface area contributed by atoms with E-state index in [9.17, 15) is 5.11 Å². The zero-order chi connectivity index (χ0) is 13.4. The predicted octanol–water partition coefficient (Wildman–Crippen LogP) is 4.33. The number of fused-ring (bicyclic) bond motifs is 1. The molecule has 0 spiro atoms. The van der Waals surface area contributed by atoms with Crippen molar-refractivity contribution in [3.8, 4) is 5.75 Å². The van der Waals surface area contributed by atoms with Gasteiger partial charge in [0.05, 0.1) is 0 Å². The van der Waals surface area contributed by atoms with Crippen LogP contribution in [0.3, 0.4) is 0 Å². The van der Waals surface area contributed by atoms with Gasteiger partial charge in [0.15, 0.2) is 0 Å². The minimum atomic E-state index is 0.176. The summed E-state index contributed by atoms with van der Waals surface area (Å²) < 4.78 is 0. The minimum absolute atomic E-state index is 0.176. The highest BCUT2D eigenvalue weighted by Crippen LogP contribution is 2.37. The Hall–Kier alpha value is -2.22. The quantitative estimate of drug-likeness (QED) is 0.698. The van der Waals surface area contributed by atoms with E-state index >= 15 is 0 Å².